The summed E-state index contributed by atoms with van der Waals surface area (Å²) in [5.41, 5.74) is 5.42. The number of H-pyrrole nitrogens is 1. The average molecular weight is 264 g/mol. The third-order valence-electron chi connectivity index (χ3n) is 2.71. The number of rotatable bonds is 2. The molecule has 3 N–H and O–H groups in total. The smallest absolute Gasteiger partial charge is 0.361 e. The van der Waals surface area contributed by atoms with Crippen LogP contribution in [0.4, 0.5) is 22.0 Å². The molecule has 0 spiro atoms. The lowest BCUT2D eigenvalue weighted by atomic mass is 10.00. The van der Waals surface area contributed by atoms with Gasteiger partial charge in [-0.1, -0.05) is 6.07 Å². The molecule has 0 saturated carbocycles. The van der Waals surface area contributed by atoms with E-state index in [-0.39, 0.29) is 5.56 Å². The van der Waals surface area contributed by atoms with Gasteiger partial charge in [-0.2, -0.15) is 22.0 Å². The molecule has 0 saturated heterocycles. The first-order valence-corrected chi connectivity index (χ1v) is 5.00. The maximum absolute atomic E-state index is 13.1. The largest absolute Gasteiger partial charge is 0.455 e. The molecule has 1 aromatic heterocycles. The van der Waals surface area contributed by atoms with E-state index in [1.54, 1.807) is 12.3 Å². The highest BCUT2D eigenvalue weighted by atomic mass is 19.4. The van der Waals surface area contributed by atoms with Gasteiger partial charge in [0.05, 0.1) is 0 Å². The van der Waals surface area contributed by atoms with Crippen LogP contribution in [0.3, 0.4) is 0 Å². The number of hydrogen-bond acceptors (Lipinski definition) is 1. The molecule has 2 nitrogen and oxygen atoms in total. The SMILES string of the molecule is N[C@@H](c1ccc2[nH]ccc2c1)C(F)(F)C(F)(F)F. The quantitative estimate of drug-likeness (QED) is 0.802. The molecule has 7 heteroatoms. The summed E-state index contributed by atoms with van der Waals surface area (Å²) in [6.45, 7) is 0. The molecule has 0 amide bonds. The number of aromatic amines is 1. The van der Waals surface area contributed by atoms with Crippen LogP contribution in [0.1, 0.15) is 11.6 Å². The van der Waals surface area contributed by atoms with Crippen LogP contribution in [0.5, 0.6) is 0 Å². The van der Waals surface area contributed by atoms with Crippen molar-refractivity contribution in [1.29, 1.82) is 0 Å². The van der Waals surface area contributed by atoms with Crippen LogP contribution in [0, 0.1) is 0 Å². The first-order valence-electron chi connectivity index (χ1n) is 5.00. The summed E-state index contributed by atoms with van der Waals surface area (Å²) in [5.74, 6) is -4.96. The molecule has 98 valence electrons. The van der Waals surface area contributed by atoms with Crippen molar-refractivity contribution >= 4 is 10.9 Å². The molecule has 2 rings (SSSR count). The van der Waals surface area contributed by atoms with Crippen LogP contribution in [0.25, 0.3) is 10.9 Å². The zero-order chi connectivity index (χ0) is 13.6. The lowest BCUT2D eigenvalue weighted by molar-refractivity contribution is -0.290. The molecule has 18 heavy (non-hydrogen) atoms. The lowest BCUT2D eigenvalue weighted by Crippen LogP contribution is -2.45. The summed E-state index contributed by atoms with van der Waals surface area (Å²) < 4.78 is 62.7. The standard InChI is InChI=1S/C11H9F5N2/c12-10(13,11(14,15)16)9(17)7-1-2-8-6(5-7)3-4-18-8/h1-5,9,18H,17H2/t9-/m0/s1. The Morgan fingerprint density at radius 1 is 1.06 bits per heavy atom. The number of nitrogens with two attached hydrogens (primary N) is 1. The number of alkyl halides is 5. The zero-order valence-corrected chi connectivity index (χ0v) is 8.93. The van der Waals surface area contributed by atoms with E-state index in [1.807, 2.05) is 0 Å². The monoisotopic (exact) mass is 264 g/mol. The van der Waals surface area contributed by atoms with Gasteiger partial charge < -0.3 is 10.7 Å². The summed E-state index contributed by atoms with van der Waals surface area (Å²) in [6.07, 6.45) is -4.11. The Morgan fingerprint density at radius 2 is 1.72 bits per heavy atom. The van der Waals surface area contributed by atoms with Gasteiger partial charge in [0.15, 0.2) is 0 Å². The van der Waals surface area contributed by atoms with Crippen molar-refractivity contribution in [2.75, 3.05) is 0 Å². The van der Waals surface area contributed by atoms with Crippen LogP contribution in [0.15, 0.2) is 30.5 Å². The van der Waals surface area contributed by atoms with Crippen molar-refractivity contribution in [3.63, 3.8) is 0 Å². The lowest BCUT2D eigenvalue weighted by Gasteiger charge is -2.25. The van der Waals surface area contributed by atoms with E-state index in [1.165, 1.54) is 12.1 Å². The van der Waals surface area contributed by atoms with Gasteiger partial charge >= 0.3 is 12.1 Å². The van der Waals surface area contributed by atoms with Crippen molar-refractivity contribution < 1.29 is 22.0 Å². The van der Waals surface area contributed by atoms with E-state index in [2.05, 4.69) is 4.98 Å². The molecule has 0 fully saturated rings. The van der Waals surface area contributed by atoms with E-state index < -0.39 is 18.1 Å². The molecule has 1 aromatic carbocycles. The molecule has 0 radical (unpaired) electrons. The van der Waals surface area contributed by atoms with Gasteiger partial charge in [-0.15, -0.1) is 0 Å². The summed E-state index contributed by atoms with van der Waals surface area (Å²) in [5, 5.41) is 0.529. The number of halogens is 5. The van der Waals surface area contributed by atoms with Crippen molar-refractivity contribution in [3.8, 4) is 0 Å². The van der Waals surface area contributed by atoms with E-state index in [9.17, 15) is 22.0 Å². The van der Waals surface area contributed by atoms with Gasteiger partial charge in [0.2, 0.25) is 0 Å². The predicted molar refractivity (Wildman–Crippen MR) is 56.2 cm³/mol. The van der Waals surface area contributed by atoms with Crippen LogP contribution < -0.4 is 5.73 Å². The minimum Gasteiger partial charge on any atom is -0.361 e. The van der Waals surface area contributed by atoms with E-state index >= 15 is 0 Å². The molecule has 0 aliphatic heterocycles. The summed E-state index contributed by atoms with van der Waals surface area (Å²) >= 11 is 0. The highest BCUT2D eigenvalue weighted by molar-refractivity contribution is 5.80. The van der Waals surface area contributed by atoms with Crippen LogP contribution in [-0.4, -0.2) is 17.1 Å². The Kier molecular flexibility index (Phi) is 2.81. The van der Waals surface area contributed by atoms with E-state index in [0.717, 1.165) is 6.07 Å². The van der Waals surface area contributed by atoms with Gasteiger partial charge in [0.25, 0.3) is 0 Å². The Balaban J connectivity index is 2.41. The number of aromatic nitrogens is 1. The van der Waals surface area contributed by atoms with Crippen molar-refractivity contribution in [2.24, 2.45) is 5.73 Å². The van der Waals surface area contributed by atoms with Gasteiger partial charge in [-0.25, -0.2) is 0 Å². The Hall–Kier alpha value is -1.63. The average Bonchev–Trinajstić information content (AvgIpc) is 2.73. The minimum absolute atomic E-state index is 0.260. The highest BCUT2D eigenvalue weighted by Crippen LogP contribution is 2.43. The molecule has 1 heterocycles. The van der Waals surface area contributed by atoms with Crippen molar-refractivity contribution in [3.05, 3.63) is 36.0 Å². The fourth-order valence-corrected chi connectivity index (χ4v) is 1.65. The van der Waals surface area contributed by atoms with Crippen molar-refractivity contribution in [1.82, 2.24) is 4.98 Å². The second-order valence-corrected chi connectivity index (χ2v) is 3.92. The summed E-state index contributed by atoms with van der Waals surface area (Å²) in [6, 6.07) is 2.94. The van der Waals surface area contributed by atoms with Gasteiger partial charge in [-0.05, 0) is 29.1 Å². The molecular weight excluding hydrogens is 255 g/mol. The molecule has 1 atom stereocenters. The maximum atomic E-state index is 13.1. The summed E-state index contributed by atoms with van der Waals surface area (Å²) in [4.78, 5) is 2.80. The van der Waals surface area contributed by atoms with Gasteiger partial charge in [0.1, 0.15) is 6.04 Å². The van der Waals surface area contributed by atoms with Gasteiger partial charge in [-0.3, -0.25) is 0 Å². The minimum atomic E-state index is -5.67. The Labute approximate surface area is 98.6 Å². The molecule has 0 bridgehead atoms. The maximum Gasteiger partial charge on any atom is 0.455 e. The number of benzene rings is 1. The molecule has 0 unspecified atom stereocenters. The van der Waals surface area contributed by atoms with Crippen LogP contribution >= 0.6 is 0 Å². The fourth-order valence-electron chi connectivity index (χ4n) is 1.65. The van der Waals surface area contributed by atoms with E-state index in [0.29, 0.717) is 10.9 Å². The highest BCUT2D eigenvalue weighted by Gasteiger charge is 2.61. The van der Waals surface area contributed by atoms with Crippen LogP contribution in [0.2, 0.25) is 0 Å². The molecule has 0 aliphatic carbocycles. The Morgan fingerprint density at radius 3 is 2.33 bits per heavy atom. The summed E-state index contributed by atoms with van der Waals surface area (Å²) in [7, 11) is 0. The van der Waals surface area contributed by atoms with Gasteiger partial charge in [0, 0.05) is 11.7 Å². The second kappa shape index (κ2) is 3.94. The topological polar surface area (TPSA) is 41.8 Å². The predicted octanol–water partition coefficient (Wildman–Crippen LogP) is 3.37. The Bertz CT molecular complexity index is 558. The fraction of sp³-hybridized carbons (Fsp3) is 0.273. The first kappa shape index (κ1) is 12.8. The van der Waals surface area contributed by atoms with Crippen LogP contribution in [-0.2, 0) is 0 Å². The normalized spacial score (nSPS) is 15.0. The molecular formula is C11H9F5N2. The third-order valence-corrected chi connectivity index (χ3v) is 2.71. The number of hydrogen-bond donors (Lipinski definition) is 2. The molecule has 2 aromatic rings. The second-order valence-electron chi connectivity index (χ2n) is 3.92. The zero-order valence-electron chi connectivity index (χ0n) is 8.93. The number of fused-ring (bicyclic) bond motifs is 1. The van der Waals surface area contributed by atoms with E-state index in [4.69, 9.17) is 5.73 Å². The van der Waals surface area contributed by atoms with Crippen molar-refractivity contribution in [2.45, 2.75) is 18.1 Å². The molecule has 0 aliphatic rings. The first-order chi connectivity index (χ1) is 8.23. The third kappa shape index (κ3) is 1.94. The number of nitrogens with one attached hydrogen (secondary N) is 1.